The molecule has 1 nitrogen and oxygen atoms in total. The number of hydrogen-bond acceptors (Lipinski definition) is 2. The van der Waals surface area contributed by atoms with E-state index in [1.807, 2.05) is 11.3 Å². The molecule has 0 aliphatic heterocycles. The average molecular weight is 259 g/mol. The first-order valence-electron chi connectivity index (χ1n) is 6.60. The van der Waals surface area contributed by atoms with Crippen LogP contribution in [0.2, 0.25) is 0 Å². The summed E-state index contributed by atoms with van der Waals surface area (Å²) < 4.78 is 0. The standard InChI is InChI=1S/C16H21NS/c1-4-15-10-11-16(18-15)13(3)17-12(2)14-8-6-5-7-9-14/h5-13,17H,4H2,1-3H3. The van der Waals surface area contributed by atoms with Crippen LogP contribution in [0, 0.1) is 0 Å². The Morgan fingerprint density at radius 3 is 2.33 bits per heavy atom. The molecule has 2 aromatic rings. The van der Waals surface area contributed by atoms with Crippen LogP contribution in [0.1, 0.15) is 48.2 Å². The molecular formula is C16H21NS. The molecule has 0 aliphatic carbocycles. The number of thiophene rings is 1. The summed E-state index contributed by atoms with van der Waals surface area (Å²) in [5.41, 5.74) is 1.34. The van der Waals surface area contributed by atoms with E-state index in [2.05, 4.69) is 68.6 Å². The number of rotatable bonds is 5. The molecule has 0 amide bonds. The van der Waals surface area contributed by atoms with Crippen LogP contribution in [0.4, 0.5) is 0 Å². The van der Waals surface area contributed by atoms with Gasteiger partial charge < -0.3 is 5.32 Å². The molecule has 0 radical (unpaired) electrons. The van der Waals surface area contributed by atoms with Crippen molar-refractivity contribution in [1.29, 1.82) is 0 Å². The van der Waals surface area contributed by atoms with Gasteiger partial charge in [-0.25, -0.2) is 0 Å². The van der Waals surface area contributed by atoms with Crippen molar-refractivity contribution in [3.63, 3.8) is 0 Å². The van der Waals surface area contributed by atoms with E-state index in [0.29, 0.717) is 12.1 Å². The number of benzene rings is 1. The Morgan fingerprint density at radius 1 is 1.00 bits per heavy atom. The predicted molar refractivity (Wildman–Crippen MR) is 80.1 cm³/mol. The van der Waals surface area contributed by atoms with Gasteiger partial charge in [0.1, 0.15) is 0 Å². The third kappa shape index (κ3) is 3.21. The van der Waals surface area contributed by atoms with E-state index >= 15 is 0 Å². The van der Waals surface area contributed by atoms with Crippen molar-refractivity contribution in [3.05, 3.63) is 57.8 Å². The van der Waals surface area contributed by atoms with Crippen molar-refractivity contribution in [3.8, 4) is 0 Å². The van der Waals surface area contributed by atoms with E-state index in [1.54, 1.807) is 0 Å². The third-order valence-corrected chi connectivity index (χ3v) is 4.67. The van der Waals surface area contributed by atoms with Gasteiger partial charge in [-0.15, -0.1) is 11.3 Å². The summed E-state index contributed by atoms with van der Waals surface area (Å²) in [4.78, 5) is 2.89. The second-order valence-electron chi connectivity index (χ2n) is 4.68. The number of nitrogens with one attached hydrogen (secondary N) is 1. The highest BCUT2D eigenvalue weighted by Gasteiger charge is 2.12. The fourth-order valence-electron chi connectivity index (χ4n) is 2.11. The fourth-order valence-corrected chi connectivity index (χ4v) is 3.08. The van der Waals surface area contributed by atoms with Crippen LogP contribution >= 0.6 is 11.3 Å². The lowest BCUT2D eigenvalue weighted by atomic mass is 10.1. The summed E-state index contributed by atoms with van der Waals surface area (Å²) in [6, 6.07) is 15.9. The maximum absolute atomic E-state index is 3.66. The van der Waals surface area contributed by atoms with Gasteiger partial charge >= 0.3 is 0 Å². The molecule has 96 valence electrons. The molecule has 0 saturated heterocycles. The third-order valence-electron chi connectivity index (χ3n) is 3.26. The summed E-state index contributed by atoms with van der Waals surface area (Å²) >= 11 is 1.92. The molecule has 0 saturated carbocycles. The molecule has 0 bridgehead atoms. The molecule has 18 heavy (non-hydrogen) atoms. The van der Waals surface area contributed by atoms with Crippen molar-refractivity contribution in [2.24, 2.45) is 0 Å². The quantitative estimate of drug-likeness (QED) is 0.819. The van der Waals surface area contributed by atoms with Gasteiger partial charge in [-0.2, -0.15) is 0 Å². The molecule has 2 heteroatoms. The summed E-state index contributed by atoms with van der Waals surface area (Å²) in [5, 5.41) is 3.66. The topological polar surface area (TPSA) is 12.0 Å². The SMILES string of the molecule is CCc1ccc(C(C)NC(C)c2ccccc2)s1. The van der Waals surface area contributed by atoms with Gasteiger partial charge in [0.25, 0.3) is 0 Å². The first-order valence-corrected chi connectivity index (χ1v) is 7.42. The molecule has 0 fully saturated rings. The molecular weight excluding hydrogens is 238 g/mol. The Morgan fingerprint density at radius 2 is 1.72 bits per heavy atom. The van der Waals surface area contributed by atoms with E-state index in [0.717, 1.165) is 6.42 Å². The Balaban J connectivity index is 2.01. The Labute approximate surface area is 114 Å². The minimum atomic E-state index is 0.383. The highest BCUT2D eigenvalue weighted by Crippen LogP contribution is 2.25. The van der Waals surface area contributed by atoms with Crippen molar-refractivity contribution in [2.45, 2.75) is 39.3 Å². The predicted octanol–water partition coefficient (Wildman–Crippen LogP) is 4.72. The Hall–Kier alpha value is -1.12. The minimum Gasteiger partial charge on any atom is -0.303 e. The van der Waals surface area contributed by atoms with Crippen LogP contribution in [0.15, 0.2) is 42.5 Å². The summed E-state index contributed by atoms with van der Waals surface area (Å²) in [5.74, 6) is 0. The van der Waals surface area contributed by atoms with Crippen molar-refractivity contribution in [1.82, 2.24) is 5.32 Å². The first kappa shape index (κ1) is 13.3. The number of hydrogen-bond donors (Lipinski definition) is 1. The first-order chi connectivity index (χ1) is 8.70. The van der Waals surface area contributed by atoms with E-state index in [1.165, 1.54) is 15.3 Å². The van der Waals surface area contributed by atoms with Gasteiger partial charge in [-0.05, 0) is 38.0 Å². The molecule has 0 aliphatic rings. The lowest BCUT2D eigenvalue weighted by molar-refractivity contribution is 0.500. The maximum Gasteiger partial charge on any atom is 0.0391 e. The van der Waals surface area contributed by atoms with Gasteiger partial charge in [0.2, 0.25) is 0 Å². The molecule has 1 aromatic carbocycles. The van der Waals surface area contributed by atoms with Crippen LogP contribution in [0.25, 0.3) is 0 Å². The van der Waals surface area contributed by atoms with Crippen LogP contribution in [-0.4, -0.2) is 0 Å². The zero-order valence-electron chi connectivity index (χ0n) is 11.3. The summed E-state index contributed by atoms with van der Waals surface area (Å²) in [6.07, 6.45) is 1.13. The van der Waals surface area contributed by atoms with Gasteiger partial charge in [0, 0.05) is 21.8 Å². The maximum atomic E-state index is 3.66. The summed E-state index contributed by atoms with van der Waals surface area (Å²) in [6.45, 7) is 6.67. The van der Waals surface area contributed by atoms with Crippen LogP contribution < -0.4 is 5.32 Å². The van der Waals surface area contributed by atoms with E-state index in [-0.39, 0.29) is 0 Å². The lowest BCUT2D eigenvalue weighted by Crippen LogP contribution is -2.21. The monoisotopic (exact) mass is 259 g/mol. The van der Waals surface area contributed by atoms with Gasteiger partial charge in [0.15, 0.2) is 0 Å². The zero-order chi connectivity index (χ0) is 13.0. The van der Waals surface area contributed by atoms with Crippen LogP contribution in [-0.2, 0) is 6.42 Å². The molecule has 2 rings (SSSR count). The molecule has 1 heterocycles. The molecule has 1 N–H and O–H groups in total. The van der Waals surface area contributed by atoms with Gasteiger partial charge in [0.05, 0.1) is 0 Å². The molecule has 1 aromatic heterocycles. The second-order valence-corrected chi connectivity index (χ2v) is 5.88. The highest BCUT2D eigenvalue weighted by atomic mass is 32.1. The van der Waals surface area contributed by atoms with Gasteiger partial charge in [-0.1, -0.05) is 37.3 Å². The van der Waals surface area contributed by atoms with E-state index in [9.17, 15) is 0 Å². The highest BCUT2D eigenvalue weighted by molar-refractivity contribution is 7.12. The smallest absolute Gasteiger partial charge is 0.0391 e. The van der Waals surface area contributed by atoms with Crippen LogP contribution in [0.5, 0.6) is 0 Å². The summed E-state index contributed by atoms with van der Waals surface area (Å²) in [7, 11) is 0. The van der Waals surface area contributed by atoms with Gasteiger partial charge in [-0.3, -0.25) is 0 Å². The molecule has 2 unspecified atom stereocenters. The van der Waals surface area contributed by atoms with E-state index in [4.69, 9.17) is 0 Å². The van der Waals surface area contributed by atoms with Crippen molar-refractivity contribution >= 4 is 11.3 Å². The van der Waals surface area contributed by atoms with Crippen LogP contribution in [0.3, 0.4) is 0 Å². The fraction of sp³-hybridized carbons (Fsp3) is 0.375. The largest absolute Gasteiger partial charge is 0.303 e. The normalized spacial score (nSPS) is 14.4. The van der Waals surface area contributed by atoms with E-state index < -0.39 is 0 Å². The lowest BCUT2D eigenvalue weighted by Gasteiger charge is -2.19. The average Bonchev–Trinajstić information content (AvgIpc) is 2.88. The van der Waals surface area contributed by atoms with Crippen molar-refractivity contribution < 1.29 is 0 Å². The minimum absolute atomic E-state index is 0.383. The van der Waals surface area contributed by atoms with Crippen molar-refractivity contribution in [2.75, 3.05) is 0 Å². The Kier molecular flexibility index (Phi) is 4.56. The second kappa shape index (κ2) is 6.17. The molecule has 2 atom stereocenters. The number of aryl methyl sites for hydroxylation is 1. The Bertz CT molecular complexity index is 475. The molecule has 0 spiro atoms. The zero-order valence-corrected chi connectivity index (χ0v) is 12.1.